The predicted molar refractivity (Wildman–Crippen MR) is 65.6 cm³/mol. The summed E-state index contributed by atoms with van der Waals surface area (Å²) in [6.45, 7) is 3.56. The first-order valence-corrected chi connectivity index (χ1v) is 6.28. The lowest BCUT2D eigenvalue weighted by Gasteiger charge is -2.31. The molecule has 1 fully saturated rings. The average Bonchev–Trinajstić information content (AvgIpc) is 2.33. The van der Waals surface area contributed by atoms with Gasteiger partial charge in [0.05, 0.1) is 23.7 Å². The van der Waals surface area contributed by atoms with Gasteiger partial charge >= 0.3 is 0 Å². The summed E-state index contributed by atoms with van der Waals surface area (Å²) in [4.78, 5) is 6.26. The SMILES string of the molecule is CCCc1ncc(N2CCC(O)CC2)cc1F. The molecule has 2 rings (SSSR count). The van der Waals surface area contributed by atoms with Gasteiger partial charge in [-0.25, -0.2) is 4.39 Å². The molecular formula is C13H19FN2O. The van der Waals surface area contributed by atoms with Gasteiger partial charge in [0.2, 0.25) is 0 Å². The second kappa shape index (κ2) is 5.45. The molecule has 17 heavy (non-hydrogen) atoms. The zero-order valence-corrected chi connectivity index (χ0v) is 10.2. The Bertz CT molecular complexity index is 376. The topological polar surface area (TPSA) is 36.4 Å². The molecule has 1 aliphatic heterocycles. The molecule has 1 aromatic heterocycles. The Morgan fingerprint density at radius 2 is 2.18 bits per heavy atom. The minimum atomic E-state index is -0.213. The van der Waals surface area contributed by atoms with Crippen molar-refractivity contribution in [2.45, 2.75) is 38.7 Å². The zero-order chi connectivity index (χ0) is 12.3. The van der Waals surface area contributed by atoms with Crippen LogP contribution in [0.1, 0.15) is 31.9 Å². The molecular weight excluding hydrogens is 219 g/mol. The highest BCUT2D eigenvalue weighted by atomic mass is 19.1. The maximum absolute atomic E-state index is 13.7. The van der Waals surface area contributed by atoms with Crippen molar-refractivity contribution < 1.29 is 9.50 Å². The van der Waals surface area contributed by atoms with E-state index in [1.165, 1.54) is 0 Å². The molecule has 0 saturated carbocycles. The number of aryl methyl sites for hydroxylation is 1. The molecule has 1 aliphatic rings. The van der Waals surface area contributed by atoms with E-state index in [-0.39, 0.29) is 11.9 Å². The van der Waals surface area contributed by atoms with Gasteiger partial charge in [-0.15, -0.1) is 0 Å². The van der Waals surface area contributed by atoms with Gasteiger partial charge in [0.1, 0.15) is 5.82 Å². The first kappa shape index (κ1) is 12.3. The molecule has 0 bridgehead atoms. The Kier molecular flexibility index (Phi) is 3.94. The van der Waals surface area contributed by atoms with E-state index in [9.17, 15) is 9.50 Å². The van der Waals surface area contributed by atoms with Crippen LogP contribution in [0.25, 0.3) is 0 Å². The van der Waals surface area contributed by atoms with E-state index in [2.05, 4.69) is 9.88 Å². The fourth-order valence-electron chi connectivity index (χ4n) is 2.17. The Morgan fingerprint density at radius 1 is 1.47 bits per heavy atom. The van der Waals surface area contributed by atoms with Crippen molar-refractivity contribution in [2.24, 2.45) is 0 Å². The maximum atomic E-state index is 13.7. The van der Waals surface area contributed by atoms with Crippen molar-refractivity contribution in [3.8, 4) is 0 Å². The van der Waals surface area contributed by atoms with Gasteiger partial charge in [0, 0.05) is 19.2 Å². The lowest BCUT2D eigenvalue weighted by Crippen LogP contribution is -2.35. The molecule has 1 saturated heterocycles. The molecule has 0 radical (unpaired) electrons. The number of aliphatic hydroxyl groups is 1. The number of piperidine rings is 1. The van der Waals surface area contributed by atoms with Gasteiger partial charge in [-0.05, 0) is 19.3 Å². The first-order valence-electron chi connectivity index (χ1n) is 6.28. The number of halogens is 1. The molecule has 1 N–H and O–H groups in total. The van der Waals surface area contributed by atoms with Gasteiger partial charge in [-0.1, -0.05) is 13.3 Å². The van der Waals surface area contributed by atoms with Crippen LogP contribution in [0.5, 0.6) is 0 Å². The molecule has 1 aromatic rings. The second-order valence-electron chi connectivity index (χ2n) is 4.59. The highest BCUT2D eigenvalue weighted by Gasteiger charge is 2.18. The third kappa shape index (κ3) is 2.94. The van der Waals surface area contributed by atoms with Crippen molar-refractivity contribution in [3.63, 3.8) is 0 Å². The summed E-state index contributed by atoms with van der Waals surface area (Å²) in [5.41, 5.74) is 1.38. The Balaban J connectivity index is 2.09. The summed E-state index contributed by atoms with van der Waals surface area (Å²) in [6, 6.07) is 1.57. The minimum absolute atomic E-state index is 0.205. The maximum Gasteiger partial charge on any atom is 0.146 e. The van der Waals surface area contributed by atoms with Crippen LogP contribution in [0, 0.1) is 5.82 Å². The van der Waals surface area contributed by atoms with Crippen LogP contribution in [0.2, 0.25) is 0 Å². The second-order valence-corrected chi connectivity index (χ2v) is 4.59. The molecule has 94 valence electrons. The predicted octanol–water partition coefficient (Wildman–Crippen LogP) is 2.13. The first-order chi connectivity index (χ1) is 8.20. The third-order valence-electron chi connectivity index (χ3n) is 3.22. The molecule has 2 heterocycles. The summed E-state index contributed by atoms with van der Waals surface area (Å²) in [6.07, 6.45) is 4.62. The number of pyridine rings is 1. The van der Waals surface area contributed by atoms with Crippen molar-refractivity contribution >= 4 is 5.69 Å². The fraction of sp³-hybridized carbons (Fsp3) is 0.615. The Hall–Kier alpha value is -1.16. The number of aromatic nitrogens is 1. The number of hydrogen-bond donors (Lipinski definition) is 1. The molecule has 0 amide bonds. The number of hydrogen-bond acceptors (Lipinski definition) is 3. The molecule has 0 unspecified atom stereocenters. The van der Waals surface area contributed by atoms with Crippen LogP contribution in [-0.2, 0) is 6.42 Å². The molecule has 0 aromatic carbocycles. The summed E-state index contributed by atoms with van der Waals surface area (Å²) in [5, 5.41) is 9.43. The summed E-state index contributed by atoms with van der Waals surface area (Å²) in [7, 11) is 0. The average molecular weight is 238 g/mol. The molecule has 0 atom stereocenters. The van der Waals surface area contributed by atoms with E-state index in [1.807, 2.05) is 6.92 Å². The largest absolute Gasteiger partial charge is 0.393 e. The van der Waals surface area contributed by atoms with Crippen LogP contribution in [-0.4, -0.2) is 29.3 Å². The number of nitrogens with zero attached hydrogens (tertiary/aromatic N) is 2. The highest BCUT2D eigenvalue weighted by Crippen LogP contribution is 2.21. The molecule has 3 nitrogen and oxygen atoms in total. The number of aliphatic hydroxyl groups excluding tert-OH is 1. The van der Waals surface area contributed by atoms with Gasteiger partial charge in [-0.2, -0.15) is 0 Å². The van der Waals surface area contributed by atoms with E-state index in [4.69, 9.17) is 0 Å². The highest BCUT2D eigenvalue weighted by molar-refractivity contribution is 5.45. The minimum Gasteiger partial charge on any atom is -0.393 e. The van der Waals surface area contributed by atoms with Gasteiger partial charge in [0.15, 0.2) is 0 Å². The van der Waals surface area contributed by atoms with E-state index < -0.39 is 0 Å². The van der Waals surface area contributed by atoms with E-state index in [0.29, 0.717) is 12.1 Å². The monoisotopic (exact) mass is 238 g/mol. The molecule has 0 spiro atoms. The standard InChI is InChI=1S/C13H19FN2O/c1-2-3-13-12(14)8-10(9-15-13)16-6-4-11(17)5-7-16/h8-9,11,17H,2-7H2,1H3. The summed E-state index contributed by atoms with van der Waals surface area (Å²) in [5.74, 6) is -0.213. The van der Waals surface area contributed by atoms with Crippen molar-refractivity contribution in [2.75, 3.05) is 18.0 Å². The van der Waals surface area contributed by atoms with Crippen molar-refractivity contribution in [3.05, 3.63) is 23.8 Å². The van der Waals surface area contributed by atoms with E-state index in [0.717, 1.165) is 38.0 Å². The van der Waals surface area contributed by atoms with Crippen LogP contribution < -0.4 is 4.90 Å². The summed E-state index contributed by atoms with van der Waals surface area (Å²) < 4.78 is 13.7. The van der Waals surface area contributed by atoms with Crippen LogP contribution in [0.4, 0.5) is 10.1 Å². The van der Waals surface area contributed by atoms with Gasteiger partial charge in [-0.3, -0.25) is 4.98 Å². The smallest absolute Gasteiger partial charge is 0.146 e. The van der Waals surface area contributed by atoms with Crippen molar-refractivity contribution in [1.82, 2.24) is 4.98 Å². The van der Waals surface area contributed by atoms with E-state index >= 15 is 0 Å². The van der Waals surface area contributed by atoms with Crippen LogP contribution >= 0.6 is 0 Å². The number of rotatable bonds is 3. The van der Waals surface area contributed by atoms with E-state index in [1.54, 1.807) is 12.3 Å². The molecule has 4 heteroatoms. The quantitative estimate of drug-likeness (QED) is 0.876. The van der Waals surface area contributed by atoms with Crippen LogP contribution in [0.3, 0.4) is 0 Å². The number of anilines is 1. The Morgan fingerprint density at radius 3 is 2.76 bits per heavy atom. The van der Waals surface area contributed by atoms with Gasteiger partial charge < -0.3 is 10.0 Å². The third-order valence-corrected chi connectivity index (χ3v) is 3.22. The van der Waals surface area contributed by atoms with Crippen molar-refractivity contribution in [1.29, 1.82) is 0 Å². The normalized spacial score (nSPS) is 17.5. The fourth-order valence-corrected chi connectivity index (χ4v) is 2.17. The van der Waals surface area contributed by atoms with Crippen LogP contribution in [0.15, 0.2) is 12.3 Å². The Labute approximate surface area is 101 Å². The lowest BCUT2D eigenvalue weighted by atomic mass is 10.1. The lowest BCUT2D eigenvalue weighted by molar-refractivity contribution is 0.145. The summed E-state index contributed by atoms with van der Waals surface area (Å²) >= 11 is 0. The zero-order valence-electron chi connectivity index (χ0n) is 10.2. The van der Waals surface area contributed by atoms with Gasteiger partial charge in [0.25, 0.3) is 0 Å². The molecule has 0 aliphatic carbocycles.